The molecule has 3 aliphatic rings. The van der Waals surface area contributed by atoms with Gasteiger partial charge in [0.15, 0.2) is 0 Å². The van der Waals surface area contributed by atoms with Gasteiger partial charge < -0.3 is 15.5 Å². The van der Waals surface area contributed by atoms with E-state index in [4.69, 9.17) is 0 Å². The molecule has 1 aliphatic carbocycles. The first-order valence-corrected chi connectivity index (χ1v) is 11.5. The van der Waals surface area contributed by atoms with Crippen molar-refractivity contribution in [3.8, 4) is 0 Å². The fourth-order valence-electron chi connectivity index (χ4n) is 5.31. The van der Waals surface area contributed by atoms with Crippen LogP contribution in [-0.2, 0) is 9.59 Å². The summed E-state index contributed by atoms with van der Waals surface area (Å²) >= 11 is 0. The lowest BCUT2D eigenvalue weighted by molar-refractivity contribution is -0.138. The first kappa shape index (κ1) is 23.5. The predicted octanol–water partition coefficient (Wildman–Crippen LogP) is 3.51. The molecule has 0 aromatic heterocycles. The second-order valence-electron chi connectivity index (χ2n) is 9.06. The van der Waals surface area contributed by atoms with Crippen molar-refractivity contribution in [2.24, 2.45) is 17.8 Å². The molecule has 2 saturated heterocycles. The maximum atomic E-state index is 13.2. The smallest absolute Gasteiger partial charge is 0.237 e. The first-order valence-electron chi connectivity index (χ1n) is 11.5. The van der Waals surface area contributed by atoms with Gasteiger partial charge >= 0.3 is 0 Å². The maximum Gasteiger partial charge on any atom is 0.237 e. The summed E-state index contributed by atoms with van der Waals surface area (Å²) in [6.45, 7) is 5.58. The number of nitrogens with one attached hydrogen (secondary N) is 2. The lowest BCUT2D eigenvalue weighted by Gasteiger charge is -2.35. The van der Waals surface area contributed by atoms with Crippen molar-refractivity contribution < 1.29 is 9.59 Å². The predicted molar refractivity (Wildman–Crippen MR) is 116 cm³/mol. The summed E-state index contributed by atoms with van der Waals surface area (Å²) in [5.41, 5.74) is 0. The third-order valence-electron chi connectivity index (χ3n) is 6.85. The maximum absolute atomic E-state index is 13.2. The molecule has 1 saturated carbocycles. The van der Waals surface area contributed by atoms with Crippen LogP contribution >= 0.6 is 12.4 Å². The molecule has 0 spiro atoms. The summed E-state index contributed by atoms with van der Waals surface area (Å²) in [6.07, 6.45) is 12.8. The number of carbonyl (C=O) groups is 2. The van der Waals surface area contributed by atoms with E-state index in [1.54, 1.807) is 0 Å². The third kappa shape index (κ3) is 6.62. The number of amides is 2. The van der Waals surface area contributed by atoms with Crippen LogP contribution in [-0.4, -0.2) is 48.9 Å². The zero-order valence-corrected chi connectivity index (χ0v) is 18.4. The lowest BCUT2D eigenvalue weighted by Crippen LogP contribution is -2.48. The van der Waals surface area contributed by atoms with Crippen molar-refractivity contribution in [3.05, 3.63) is 0 Å². The van der Waals surface area contributed by atoms with E-state index in [9.17, 15) is 9.59 Å². The number of nitrogens with zero attached hydrogens (tertiary/aromatic N) is 1. The Bertz CT molecular complexity index is 490. The Morgan fingerprint density at radius 2 is 1.82 bits per heavy atom. The van der Waals surface area contributed by atoms with Crippen LogP contribution < -0.4 is 10.6 Å². The van der Waals surface area contributed by atoms with Gasteiger partial charge in [0, 0.05) is 25.6 Å². The summed E-state index contributed by atoms with van der Waals surface area (Å²) in [5.74, 6) is 1.92. The minimum Gasteiger partial charge on any atom is -0.354 e. The van der Waals surface area contributed by atoms with E-state index >= 15 is 0 Å². The molecule has 0 bridgehead atoms. The molecule has 5 nitrogen and oxygen atoms in total. The average molecular weight is 414 g/mol. The molecule has 0 aromatic rings. The summed E-state index contributed by atoms with van der Waals surface area (Å²) in [5, 5.41) is 6.39. The molecule has 162 valence electrons. The van der Waals surface area contributed by atoms with E-state index in [1.807, 2.05) is 0 Å². The van der Waals surface area contributed by atoms with Crippen LogP contribution in [0.5, 0.6) is 0 Å². The molecular weight excluding hydrogens is 374 g/mol. The van der Waals surface area contributed by atoms with Gasteiger partial charge in [-0.3, -0.25) is 9.59 Å². The van der Waals surface area contributed by atoms with Gasteiger partial charge in [0.1, 0.15) is 0 Å². The fourth-order valence-corrected chi connectivity index (χ4v) is 5.31. The average Bonchev–Trinajstić information content (AvgIpc) is 3.39. The molecule has 3 rings (SSSR count). The standard InChI is InChI=1S/C22H39N3O2.ClH/c1-2-7-19(14-17-8-3-4-9-17)22(27)25-13-6-10-18(16-25)15-24-21(26)20-11-5-12-23-20;/h17-20,23H,2-16H2,1H3,(H,24,26);1H. The Labute approximate surface area is 177 Å². The van der Waals surface area contributed by atoms with Crippen molar-refractivity contribution in [3.63, 3.8) is 0 Å². The Balaban J connectivity index is 0.00000280. The number of hydrogen-bond acceptors (Lipinski definition) is 3. The molecule has 3 unspecified atom stereocenters. The van der Waals surface area contributed by atoms with Crippen LogP contribution in [0.4, 0.5) is 0 Å². The van der Waals surface area contributed by atoms with Gasteiger partial charge in [0.25, 0.3) is 0 Å². The molecule has 3 fully saturated rings. The van der Waals surface area contributed by atoms with Gasteiger partial charge in [-0.25, -0.2) is 0 Å². The van der Waals surface area contributed by atoms with Crippen molar-refractivity contribution in [1.29, 1.82) is 0 Å². The zero-order valence-electron chi connectivity index (χ0n) is 17.6. The highest BCUT2D eigenvalue weighted by Crippen LogP contribution is 2.33. The van der Waals surface area contributed by atoms with Crippen LogP contribution in [0.15, 0.2) is 0 Å². The van der Waals surface area contributed by atoms with Crippen molar-refractivity contribution in [2.75, 3.05) is 26.2 Å². The molecule has 0 aromatic carbocycles. The van der Waals surface area contributed by atoms with Gasteiger partial charge in [0.2, 0.25) is 11.8 Å². The minimum absolute atomic E-state index is 0. The van der Waals surface area contributed by atoms with Crippen molar-refractivity contribution in [1.82, 2.24) is 15.5 Å². The molecule has 2 aliphatic heterocycles. The van der Waals surface area contributed by atoms with E-state index in [2.05, 4.69) is 22.5 Å². The van der Waals surface area contributed by atoms with Gasteiger partial charge in [-0.05, 0) is 56.9 Å². The molecule has 3 atom stereocenters. The lowest BCUT2D eigenvalue weighted by atomic mass is 9.88. The van der Waals surface area contributed by atoms with Crippen LogP contribution in [0.3, 0.4) is 0 Å². The highest BCUT2D eigenvalue weighted by Gasteiger charge is 2.31. The summed E-state index contributed by atoms with van der Waals surface area (Å²) in [7, 11) is 0. The number of halogens is 1. The summed E-state index contributed by atoms with van der Waals surface area (Å²) in [4.78, 5) is 27.5. The van der Waals surface area contributed by atoms with Gasteiger partial charge in [-0.15, -0.1) is 12.4 Å². The van der Waals surface area contributed by atoms with Gasteiger partial charge in [0.05, 0.1) is 6.04 Å². The molecule has 28 heavy (non-hydrogen) atoms. The highest BCUT2D eigenvalue weighted by molar-refractivity contribution is 5.85. The second-order valence-corrected chi connectivity index (χ2v) is 9.06. The molecule has 6 heteroatoms. The SMILES string of the molecule is CCCC(CC1CCCC1)C(=O)N1CCCC(CNC(=O)C2CCCN2)C1.Cl. The van der Waals surface area contributed by atoms with Crippen molar-refractivity contribution in [2.45, 2.75) is 83.6 Å². The van der Waals surface area contributed by atoms with E-state index in [0.29, 0.717) is 18.4 Å². The van der Waals surface area contributed by atoms with Crippen LogP contribution in [0, 0.1) is 17.8 Å². The molecule has 0 radical (unpaired) electrons. The number of piperidine rings is 1. The quantitative estimate of drug-likeness (QED) is 0.640. The van der Waals surface area contributed by atoms with Crippen molar-refractivity contribution >= 4 is 24.2 Å². The molecular formula is C22H40ClN3O2. The number of likely N-dealkylation sites (tertiary alicyclic amines) is 1. The summed E-state index contributed by atoms with van der Waals surface area (Å²) in [6, 6.07) is -0.00771. The normalized spacial score (nSPS) is 26.7. The van der Waals surface area contributed by atoms with Crippen LogP contribution in [0.2, 0.25) is 0 Å². The monoisotopic (exact) mass is 413 g/mol. The number of carbonyl (C=O) groups excluding carboxylic acids is 2. The fraction of sp³-hybridized carbons (Fsp3) is 0.909. The molecule has 2 amide bonds. The number of hydrogen-bond donors (Lipinski definition) is 2. The highest BCUT2D eigenvalue weighted by atomic mass is 35.5. The Hall–Kier alpha value is -0.810. The largest absolute Gasteiger partial charge is 0.354 e. The topological polar surface area (TPSA) is 61.4 Å². The second kappa shape index (κ2) is 12.0. The van der Waals surface area contributed by atoms with E-state index < -0.39 is 0 Å². The molecule has 2 heterocycles. The zero-order chi connectivity index (χ0) is 19.1. The number of rotatable bonds is 8. The third-order valence-corrected chi connectivity index (χ3v) is 6.85. The van der Waals surface area contributed by atoms with Crippen LogP contribution in [0.25, 0.3) is 0 Å². The van der Waals surface area contributed by atoms with Crippen LogP contribution in [0.1, 0.15) is 77.6 Å². The minimum atomic E-state index is -0.00771. The summed E-state index contributed by atoms with van der Waals surface area (Å²) < 4.78 is 0. The van der Waals surface area contributed by atoms with Gasteiger partial charge in [-0.1, -0.05) is 39.0 Å². The Kier molecular flexibility index (Phi) is 10.1. The van der Waals surface area contributed by atoms with Gasteiger partial charge in [-0.2, -0.15) is 0 Å². The molecule has 2 N–H and O–H groups in total. The first-order chi connectivity index (χ1) is 13.2. The van der Waals surface area contributed by atoms with E-state index in [0.717, 1.165) is 70.5 Å². The Morgan fingerprint density at radius 3 is 2.50 bits per heavy atom. The Morgan fingerprint density at radius 1 is 1.07 bits per heavy atom. The van der Waals surface area contributed by atoms with E-state index in [1.165, 1.54) is 25.7 Å². The van der Waals surface area contributed by atoms with E-state index in [-0.39, 0.29) is 30.3 Å².